The summed E-state index contributed by atoms with van der Waals surface area (Å²) < 4.78 is 1.29. The molecule has 4 nitrogen and oxygen atoms in total. The van der Waals surface area contributed by atoms with Crippen molar-refractivity contribution in [2.24, 2.45) is 10.7 Å². The maximum absolute atomic E-state index is 5.44. The summed E-state index contributed by atoms with van der Waals surface area (Å²) in [6.07, 6.45) is 2.00. The second kappa shape index (κ2) is 7.26. The van der Waals surface area contributed by atoms with Crippen LogP contribution in [0, 0.1) is 6.92 Å². The molecule has 0 aliphatic rings. The SMILES string of the molecule is C/C(=N\CCCCN)ONc1ccc2sc(C)cc2c1. The molecule has 2 aromatic rings. The first kappa shape index (κ1) is 14.8. The van der Waals surface area contributed by atoms with Gasteiger partial charge >= 0.3 is 0 Å². The number of hydrogen-bond acceptors (Lipinski definition) is 5. The van der Waals surface area contributed by atoms with Gasteiger partial charge in [0.05, 0.1) is 5.69 Å². The van der Waals surface area contributed by atoms with Crippen LogP contribution in [0.15, 0.2) is 29.3 Å². The Morgan fingerprint density at radius 3 is 3.00 bits per heavy atom. The summed E-state index contributed by atoms with van der Waals surface area (Å²) in [7, 11) is 0. The van der Waals surface area contributed by atoms with E-state index >= 15 is 0 Å². The summed E-state index contributed by atoms with van der Waals surface area (Å²) in [5.74, 6) is 0.642. The largest absolute Gasteiger partial charge is 0.367 e. The second-order valence-corrected chi connectivity index (χ2v) is 6.00. The van der Waals surface area contributed by atoms with Crippen molar-refractivity contribution >= 4 is 33.0 Å². The smallest absolute Gasteiger partial charge is 0.214 e. The number of nitrogens with one attached hydrogen (secondary N) is 1. The maximum atomic E-state index is 5.44. The highest BCUT2D eigenvalue weighted by atomic mass is 32.1. The van der Waals surface area contributed by atoms with Crippen molar-refractivity contribution in [1.82, 2.24) is 0 Å². The Morgan fingerprint density at radius 1 is 1.35 bits per heavy atom. The summed E-state index contributed by atoms with van der Waals surface area (Å²) in [5, 5.41) is 1.23. The van der Waals surface area contributed by atoms with Crippen LogP contribution >= 0.6 is 11.3 Å². The monoisotopic (exact) mass is 291 g/mol. The van der Waals surface area contributed by atoms with Crippen molar-refractivity contribution in [3.8, 4) is 0 Å². The van der Waals surface area contributed by atoms with E-state index in [0.717, 1.165) is 25.1 Å². The van der Waals surface area contributed by atoms with Gasteiger partial charge in [-0.05, 0) is 56.0 Å². The molecule has 20 heavy (non-hydrogen) atoms. The van der Waals surface area contributed by atoms with E-state index < -0.39 is 0 Å². The Bertz CT molecular complexity index is 592. The number of nitrogens with zero attached hydrogens (tertiary/aromatic N) is 1. The minimum Gasteiger partial charge on any atom is -0.367 e. The van der Waals surface area contributed by atoms with Crippen LogP contribution in [0.3, 0.4) is 0 Å². The minimum absolute atomic E-state index is 0.642. The first-order valence-electron chi connectivity index (χ1n) is 6.83. The molecule has 5 heteroatoms. The van der Waals surface area contributed by atoms with Gasteiger partial charge in [0.2, 0.25) is 5.90 Å². The van der Waals surface area contributed by atoms with Crippen LogP contribution in [0.1, 0.15) is 24.6 Å². The highest BCUT2D eigenvalue weighted by Crippen LogP contribution is 2.27. The molecule has 0 spiro atoms. The van der Waals surface area contributed by atoms with Crippen molar-refractivity contribution in [2.45, 2.75) is 26.7 Å². The summed E-state index contributed by atoms with van der Waals surface area (Å²) in [6.45, 7) is 5.44. The van der Waals surface area contributed by atoms with Crippen LogP contribution in [0.5, 0.6) is 0 Å². The van der Waals surface area contributed by atoms with E-state index in [1.807, 2.05) is 13.0 Å². The molecule has 0 unspecified atom stereocenters. The van der Waals surface area contributed by atoms with E-state index in [0.29, 0.717) is 12.4 Å². The van der Waals surface area contributed by atoms with Gasteiger partial charge in [-0.15, -0.1) is 11.3 Å². The van der Waals surface area contributed by atoms with E-state index in [-0.39, 0.29) is 0 Å². The molecule has 108 valence electrons. The van der Waals surface area contributed by atoms with Gasteiger partial charge in [0.1, 0.15) is 0 Å². The lowest BCUT2D eigenvalue weighted by molar-refractivity contribution is 0.388. The van der Waals surface area contributed by atoms with Crippen LogP contribution in [0.2, 0.25) is 0 Å². The minimum atomic E-state index is 0.642. The van der Waals surface area contributed by atoms with Crippen LogP contribution in [0.25, 0.3) is 10.1 Å². The topological polar surface area (TPSA) is 59.6 Å². The fraction of sp³-hybridized carbons (Fsp3) is 0.400. The van der Waals surface area contributed by atoms with Crippen LogP contribution in [0.4, 0.5) is 5.69 Å². The quantitative estimate of drug-likeness (QED) is 0.369. The molecule has 1 aromatic heterocycles. The van der Waals surface area contributed by atoms with E-state index in [9.17, 15) is 0 Å². The lowest BCUT2D eigenvalue weighted by Gasteiger charge is -2.07. The Hall–Kier alpha value is -1.59. The van der Waals surface area contributed by atoms with Gasteiger partial charge in [-0.25, -0.2) is 5.48 Å². The maximum Gasteiger partial charge on any atom is 0.214 e. The summed E-state index contributed by atoms with van der Waals surface area (Å²) in [5.41, 5.74) is 9.31. The molecule has 0 radical (unpaired) electrons. The zero-order valence-electron chi connectivity index (χ0n) is 12.0. The van der Waals surface area contributed by atoms with Crippen LogP contribution < -0.4 is 11.2 Å². The first-order chi connectivity index (χ1) is 9.69. The van der Waals surface area contributed by atoms with E-state index in [1.165, 1.54) is 15.0 Å². The highest BCUT2D eigenvalue weighted by Gasteiger charge is 2.00. The lowest BCUT2D eigenvalue weighted by atomic mass is 10.2. The number of nitrogens with two attached hydrogens (primary N) is 1. The van der Waals surface area contributed by atoms with Crippen molar-refractivity contribution in [3.63, 3.8) is 0 Å². The summed E-state index contributed by atoms with van der Waals surface area (Å²) in [6, 6.07) is 8.38. The number of aryl methyl sites for hydroxylation is 1. The molecule has 0 atom stereocenters. The molecule has 0 saturated heterocycles. The molecular formula is C15H21N3OS. The van der Waals surface area contributed by atoms with Crippen molar-refractivity contribution in [3.05, 3.63) is 29.1 Å². The number of thiophene rings is 1. The van der Waals surface area contributed by atoms with E-state index in [2.05, 4.69) is 35.6 Å². The van der Waals surface area contributed by atoms with Crippen molar-refractivity contribution in [1.29, 1.82) is 0 Å². The standard InChI is InChI=1S/C15H21N3OS/c1-11-9-13-10-14(5-6-15(13)20-11)18-19-12(2)17-8-4-3-7-16/h5-6,9-10,18H,3-4,7-8,16H2,1-2H3/b17-12+. The highest BCUT2D eigenvalue weighted by molar-refractivity contribution is 7.19. The molecule has 0 aliphatic heterocycles. The Balaban J connectivity index is 1.88. The molecule has 2 rings (SSSR count). The van der Waals surface area contributed by atoms with Gasteiger partial charge in [-0.3, -0.25) is 4.99 Å². The van der Waals surface area contributed by atoms with Gasteiger partial charge in [-0.1, -0.05) is 0 Å². The fourth-order valence-corrected chi connectivity index (χ4v) is 2.80. The van der Waals surface area contributed by atoms with Crippen LogP contribution in [-0.2, 0) is 4.84 Å². The van der Waals surface area contributed by atoms with Gasteiger partial charge < -0.3 is 10.6 Å². The lowest BCUT2D eigenvalue weighted by Crippen LogP contribution is -2.08. The number of fused-ring (bicyclic) bond motifs is 1. The predicted molar refractivity (Wildman–Crippen MR) is 87.5 cm³/mol. The number of benzene rings is 1. The normalized spacial score (nSPS) is 11.8. The van der Waals surface area contributed by atoms with Crippen molar-refractivity contribution in [2.75, 3.05) is 18.6 Å². The summed E-state index contributed by atoms with van der Waals surface area (Å²) >= 11 is 1.80. The van der Waals surface area contributed by atoms with E-state index in [4.69, 9.17) is 10.6 Å². The summed E-state index contributed by atoms with van der Waals surface area (Å²) in [4.78, 5) is 11.1. The molecule has 0 amide bonds. The van der Waals surface area contributed by atoms with Gasteiger partial charge in [0, 0.05) is 23.0 Å². The third-order valence-electron chi connectivity index (χ3n) is 2.90. The number of aliphatic imine (C=N–C) groups is 1. The zero-order chi connectivity index (χ0) is 14.4. The molecule has 0 saturated carbocycles. The molecule has 3 N–H and O–H groups in total. The predicted octanol–water partition coefficient (Wildman–Crippen LogP) is 3.71. The molecule has 1 heterocycles. The van der Waals surface area contributed by atoms with Crippen molar-refractivity contribution < 1.29 is 4.84 Å². The average molecular weight is 291 g/mol. The Morgan fingerprint density at radius 2 is 2.20 bits per heavy atom. The molecular weight excluding hydrogens is 270 g/mol. The second-order valence-electron chi connectivity index (χ2n) is 4.71. The Labute approximate surface area is 123 Å². The molecule has 0 aliphatic carbocycles. The van der Waals surface area contributed by atoms with Gasteiger partial charge in [0.15, 0.2) is 0 Å². The third kappa shape index (κ3) is 4.21. The first-order valence-corrected chi connectivity index (χ1v) is 7.65. The number of unbranched alkanes of at least 4 members (excludes halogenated alkanes) is 1. The zero-order valence-corrected chi connectivity index (χ0v) is 12.8. The molecule has 1 aromatic carbocycles. The fourth-order valence-electron chi connectivity index (χ4n) is 1.90. The third-order valence-corrected chi connectivity index (χ3v) is 3.93. The van der Waals surface area contributed by atoms with E-state index in [1.54, 1.807) is 11.3 Å². The van der Waals surface area contributed by atoms with Crippen LogP contribution in [-0.4, -0.2) is 19.0 Å². The number of hydrogen-bond donors (Lipinski definition) is 2. The average Bonchev–Trinajstić information content (AvgIpc) is 2.80. The molecule has 0 fully saturated rings. The number of rotatable bonds is 6. The molecule has 0 bridgehead atoms. The van der Waals surface area contributed by atoms with Gasteiger partial charge in [-0.2, -0.15) is 0 Å². The van der Waals surface area contributed by atoms with Gasteiger partial charge in [0.25, 0.3) is 0 Å². The number of anilines is 1. The Kier molecular flexibility index (Phi) is 5.38.